The standard InChI is InChI=1S/C13H17FO4/c1-2-3-6-17-13(16)9-18-12-5-4-10(8-15)7-11(12)14/h4-5,7,15H,2-3,6,8-9H2,1H3. The summed E-state index contributed by atoms with van der Waals surface area (Å²) >= 11 is 0. The van der Waals surface area contributed by atoms with Crippen molar-refractivity contribution in [2.24, 2.45) is 0 Å². The Kier molecular flexibility index (Phi) is 6.14. The number of carbonyl (C=O) groups excluding carboxylic acids is 1. The van der Waals surface area contributed by atoms with Gasteiger partial charge in [0.15, 0.2) is 18.2 Å². The predicted molar refractivity (Wildman–Crippen MR) is 63.7 cm³/mol. The fourth-order valence-corrected chi connectivity index (χ4v) is 1.27. The van der Waals surface area contributed by atoms with Gasteiger partial charge in [0.25, 0.3) is 0 Å². The Morgan fingerprint density at radius 2 is 2.22 bits per heavy atom. The maximum Gasteiger partial charge on any atom is 0.344 e. The van der Waals surface area contributed by atoms with E-state index in [4.69, 9.17) is 14.6 Å². The van der Waals surface area contributed by atoms with Crippen molar-refractivity contribution in [1.82, 2.24) is 0 Å². The quantitative estimate of drug-likeness (QED) is 0.599. The van der Waals surface area contributed by atoms with Crippen molar-refractivity contribution in [1.29, 1.82) is 0 Å². The summed E-state index contributed by atoms with van der Waals surface area (Å²) in [6.45, 7) is 1.78. The molecule has 5 heteroatoms. The van der Waals surface area contributed by atoms with E-state index in [1.165, 1.54) is 12.1 Å². The highest BCUT2D eigenvalue weighted by molar-refractivity contribution is 5.71. The molecule has 1 aromatic rings. The molecule has 0 aliphatic rings. The van der Waals surface area contributed by atoms with Crippen LogP contribution in [0.5, 0.6) is 5.75 Å². The first-order chi connectivity index (χ1) is 8.67. The van der Waals surface area contributed by atoms with E-state index in [-0.39, 0.29) is 19.0 Å². The topological polar surface area (TPSA) is 55.8 Å². The van der Waals surface area contributed by atoms with Gasteiger partial charge in [-0.1, -0.05) is 19.4 Å². The largest absolute Gasteiger partial charge is 0.479 e. The summed E-state index contributed by atoms with van der Waals surface area (Å²) in [6, 6.07) is 4.07. The van der Waals surface area contributed by atoms with Gasteiger partial charge in [0, 0.05) is 0 Å². The van der Waals surface area contributed by atoms with Gasteiger partial charge in [-0.25, -0.2) is 9.18 Å². The highest BCUT2D eigenvalue weighted by Gasteiger charge is 2.08. The van der Waals surface area contributed by atoms with Crippen LogP contribution in [-0.2, 0) is 16.1 Å². The Balaban J connectivity index is 2.41. The molecule has 18 heavy (non-hydrogen) atoms. The normalized spacial score (nSPS) is 10.2. The number of halogens is 1. The molecule has 100 valence electrons. The van der Waals surface area contributed by atoms with Gasteiger partial charge in [-0.15, -0.1) is 0 Å². The van der Waals surface area contributed by atoms with E-state index >= 15 is 0 Å². The first kappa shape index (κ1) is 14.4. The maximum atomic E-state index is 13.4. The minimum Gasteiger partial charge on any atom is -0.479 e. The Morgan fingerprint density at radius 1 is 1.44 bits per heavy atom. The first-order valence-electron chi connectivity index (χ1n) is 5.85. The van der Waals surface area contributed by atoms with Gasteiger partial charge in [0.1, 0.15) is 0 Å². The maximum absolute atomic E-state index is 13.4. The fraction of sp³-hybridized carbons (Fsp3) is 0.462. The van der Waals surface area contributed by atoms with E-state index in [9.17, 15) is 9.18 Å². The lowest BCUT2D eigenvalue weighted by molar-refractivity contribution is -0.146. The summed E-state index contributed by atoms with van der Waals surface area (Å²) in [5.41, 5.74) is 0.449. The molecule has 4 nitrogen and oxygen atoms in total. The zero-order valence-corrected chi connectivity index (χ0v) is 10.3. The lowest BCUT2D eigenvalue weighted by Crippen LogP contribution is -2.16. The van der Waals surface area contributed by atoms with Crippen molar-refractivity contribution in [2.75, 3.05) is 13.2 Å². The summed E-state index contributed by atoms with van der Waals surface area (Å²) in [5, 5.41) is 8.81. The van der Waals surface area contributed by atoms with Crippen LogP contribution < -0.4 is 4.74 Å². The average molecular weight is 256 g/mol. The third-order valence-corrected chi connectivity index (χ3v) is 2.29. The smallest absolute Gasteiger partial charge is 0.344 e. The molecule has 0 saturated heterocycles. The van der Waals surface area contributed by atoms with Gasteiger partial charge in [-0.2, -0.15) is 0 Å². The molecular weight excluding hydrogens is 239 g/mol. The van der Waals surface area contributed by atoms with Crippen LogP contribution in [0.1, 0.15) is 25.3 Å². The van der Waals surface area contributed by atoms with Gasteiger partial charge in [-0.3, -0.25) is 0 Å². The number of hydrogen-bond donors (Lipinski definition) is 1. The number of aliphatic hydroxyl groups is 1. The molecule has 0 heterocycles. The molecule has 0 saturated carbocycles. The Bertz CT molecular complexity index is 393. The van der Waals surface area contributed by atoms with Crippen molar-refractivity contribution >= 4 is 5.97 Å². The van der Waals surface area contributed by atoms with E-state index < -0.39 is 11.8 Å². The number of carbonyl (C=O) groups is 1. The number of hydrogen-bond acceptors (Lipinski definition) is 4. The zero-order valence-electron chi connectivity index (χ0n) is 10.3. The van der Waals surface area contributed by atoms with Crippen LogP contribution in [0.3, 0.4) is 0 Å². The lowest BCUT2D eigenvalue weighted by Gasteiger charge is -2.08. The number of unbranched alkanes of at least 4 members (excludes halogenated alkanes) is 1. The Labute approximate surface area is 105 Å². The van der Waals surface area contributed by atoms with Gasteiger partial charge < -0.3 is 14.6 Å². The third-order valence-electron chi connectivity index (χ3n) is 2.29. The zero-order chi connectivity index (χ0) is 13.4. The van der Waals surface area contributed by atoms with E-state index in [0.29, 0.717) is 12.2 Å². The predicted octanol–water partition coefficient (Wildman–Crippen LogP) is 2.04. The number of esters is 1. The van der Waals surface area contributed by atoms with Crippen LogP contribution in [0.4, 0.5) is 4.39 Å². The second-order valence-electron chi connectivity index (χ2n) is 3.79. The molecule has 0 aliphatic heterocycles. The van der Waals surface area contributed by atoms with Crippen LogP contribution in [-0.4, -0.2) is 24.3 Å². The second-order valence-corrected chi connectivity index (χ2v) is 3.79. The third kappa shape index (κ3) is 4.71. The van der Waals surface area contributed by atoms with Crippen LogP contribution in [0.15, 0.2) is 18.2 Å². The highest BCUT2D eigenvalue weighted by Crippen LogP contribution is 2.18. The van der Waals surface area contributed by atoms with Crippen LogP contribution in [0, 0.1) is 5.82 Å². The van der Waals surface area contributed by atoms with Gasteiger partial charge in [-0.05, 0) is 24.1 Å². The molecule has 1 N–H and O–H groups in total. The summed E-state index contributed by atoms with van der Waals surface area (Å²) in [5.74, 6) is -1.16. The first-order valence-corrected chi connectivity index (χ1v) is 5.85. The molecule has 0 radical (unpaired) electrons. The summed E-state index contributed by atoms with van der Waals surface area (Å²) < 4.78 is 23.3. The second kappa shape index (κ2) is 7.66. The van der Waals surface area contributed by atoms with E-state index in [1.807, 2.05) is 6.92 Å². The van der Waals surface area contributed by atoms with Crippen molar-refractivity contribution in [3.05, 3.63) is 29.6 Å². The minimum atomic E-state index is -0.608. The summed E-state index contributed by atoms with van der Waals surface area (Å²) in [6.07, 6.45) is 1.73. The average Bonchev–Trinajstić information content (AvgIpc) is 2.37. The molecule has 0 aliphatic carbocycles. The van der Waals surface area contributed by atoms with Crippen LogP contribution >= 0.6 is 0 Å². The van der Waals surface area contributed by atoms with Gasteiger partial charge in [0.05, 0.1) is 13.2 Å². The van der Waals surface area contributed by atoms with E-state index in [0.717, 1.165) is 18.9 Å². The molecule has 1 rings (SSSR count). The Hall–Kier alpha value is -1.62. The minimum absolute atomic E-state index is 0.0281. The number of aliphatic hydroxyl groups excluding tert-OH is 1. The molecule has 0 amide bonds. The van der Waals surface area contributed by atoms with Gasteiger partial charge in [0.2, 0.25) is 0 Å². The van der Waals surface area contributed by atoms with Crippen molar-refractivity contribution < 1.29 is 23.8 Å². The molecule has 0 atom stereocenters. The Morgan fingerprint density at radius 3 is 2.83 bits per heavy atom. The summed E-state index contributed by atoms with van der Waals surface area (Å²) in [7, 11) is 0. The van der Waals surface area contributed by atoms with Crippen molar-refractivity contribution in [3.8, 4) is 5.75 Å². The van der Waals surface area contributed by atoms with E-state index in [2.05, 4.69) is 0 Å². The monoisotopic (exact) mass is 256 g/mol. The van der Waals surface area contributed by atoms with Crippen molar-refractivity contribution in [3.63, 3.8) is 0 Å². The molecule has 1 aromatic carbocycles. The molecule has 0 bridgehead atoms. The number of benzene rings is 1. The van der Waals surface area contributed by atoms with Crippen LogP contribution in [0.2, 0.25) is 0 Å². The molecule has 0 spiro atoms. The SMILES string of the molecule is CCCCOC(=O)COc1ccc(CO)cc1F. The molecule has 0 fully saturated rings. The lowest BCUT2D eigenvalue weighted by atomic mass is 10.2. The van der Waals surface area contributed by atoms with Crippen molar-refractivity contribution in [2.45, 2.75) is 26.4 Å². The molecule has 0 aromatic heterocycles. The van der Waals surface area contributed by atoms with E-state index in [1.54, 1.807) is 0 Å². The molecule has 0 unspecified atom stereocenters. The number of rotatable bonds is 7. The van der Waals surface area contributed by atoms with Crippen LogP contribution in [0.25, 0.3) is 0 Å². The number of ether oxygens (including phenoxy) is 2. The summed E-state index contributed by atoms with van der Waals surface area (Å²) in [4.78, 5) is 11.2. The highest BCUT2D eigenvalue weighted by atomic mass is 19.1. The fourth-order valence-electron chi connectivity index (χ4n) is 1.27. The van der Waals surface area contributed by atoms with Gasteiger partial charge >= 0.3 is 5.97 Å². The molecular formula is C13H17FO4.